The molecule has 0 aliphatic rings. The number of hydrogen-bond acceptors (Lipinski definition) is 3. The number of nitrogens with one attached hydrogen (secondary N) is 2. The summed E-state index contributed by atoms with van der Waals surface area (Å²) in [5.74, 6) is -4.97. The fraction of sp³-hybridized carbons (Fsp3) is 0.400. The minimum Gasteiger partial charge on any atom is -0.372 e. The average Bonchev–Trinajstić information content (AvgIpc) is 2.35. The number of carbonyl (C=O) groups is 1. The summed E-state index contributed by atoms with van der Waals surface area (Å²) in [5.41, 5.74) is 0.00469. The first-order chi connectivity index (χ1) is 8.38. The van der Waals surface area contributed by atoms with Crippen LogP contribution in [0.3, 0.4) is 0 Å². The van der Waals surface area contributed by atoms with Gasteiger partial charge in [0.15, 0.2) is 0 Å². The second-order valence-corrected chi connectivity index (χ2v) is 3.39. The van der Waals surface area contributed by atoms with Gasteiger partial charge in [0.1, 0.15) is 5.82 Å². The minimum absolute atomic E-state index is 0.00469. The normalized spacial score (nSPS) is 11.4. The van der Waals surface area contributed by atoms with Gasteiger partial charge in [-0.3, -0.25) is 4.79 Å². The molecule has 1 amide bonds. The zero-order valence-corrected chi connectivity index (χ0v) is 9.38. The summed E-state index contributed by atoms with van der Waals surface area (Å²) in [6.45, 7) is -1.43. The van der Waals surface area contributed by atoms with E-state index in [9.17, 15) is 22.4 Å². The van der Waals surface area contributed by atoms with Gasteiger partial charge in [-0.05, 0) is 12.1 Å². The largest absolute Gasteiger partial charge is 0.372 e. The number of halogens is 4. The van der Waals surface area contributed by atoms with E-state index in [0.717, 1.165) is 0 Å². The Kier molecular flexibility index (Phi) is 4.46. The summed E-state index contributed by atoms with van der Waals surface area (Å²) in [7, 11) is 1.49. The maximum absolute atomic E-state index is 12.6. The summed E-state index contributed by atoms with van der Waals surface area (Å²) in [6, 6.07) is 2.77. The summed E-state index contributed by atoms with van der Waals surface area (Å²) >= 11 is 0. The summed E-state index contributed by atoms with van der Waals surface area (Å²) < 4.78 is 49.0. The molecular weight excluding hydrogens is 254 g/mol. The second kappa shape index (κ2) is 5.65. The lowest BCUT2D eigenvalue weighted by molar-refractivity contribution is -0.123. The first kappa shape index (κ1) is 14.2. The monoisotopic (exact) mass is 265 g/mol. The first-order valence-electron chi connectivity index (χ1n) is 4.95. The third kappa shape index (κ3) is 3.31. The number of hydrogen-bond donors (Lipinski definition) is 2. The molecule has 0 fully saturated rings. The lowest BCUT2D eigenvalue weighted by atomic mass is 10.2. The topological polar surface area (TPSA) is 54.0 Å². The van der Waals surface area contributed by atoms with E-state index in [1.54, 1.807) is 5.32 Å². The van der Waals surface area contributed by atoms with Gasteiger partial charge in [-0.1, -0.05) is 0 Å². The Bertz CT molecular complexity index is 425. The van der Waals surface area contributed by atoms with Crippen molar-refractivity contribution in [3.05, 3.63) is 23.9 Å². The van der Waals surface area contributed by atoms with Crippen molar-refractivity contribution in [2.45, 2.75) is 12.3 Å². The molecule has 100 valence electrons. The molecule has 0 aromatic carbocycles. The molecule has 0 spiro atoms. The smallest absolute Gasteiger partial charge is 0.324 e. The van der Waals surface area contributed by atoms with Crippen LogP contribution in [0.2, 0.25) is 0 Å². The van der Waals surface area contributed by atoms with E-state index in [-0.39, 0.29) is 11.4 Å². The number of aromatic nitrogens is 1. The van der Waals surface area contributed by atoms with Crippen molar-refractivity contribution in [1.29, 1.82) is 0 Å². The maximum Gasteiger partial charge on any atom is 0.324 e. The van der Waals surface area contributed by atoms with Crippen molar-refractivity contribution in [3.63, 3.8) is 0 Å². The highest BCUT2D eigenvalue weighted by molar-refractivity contribution is 5.98. The molecule has 1 aromatic heterocycles. The van der Waals surface area contributed by atoms with E-state index in [1.165, 1.54) is 25.4 Å². The van der Waals surface area contributed by atoms with Crippen LogP contribution in [-0.2, 0) is 0 Å². The van der Waals surface area contributed by atoms with Crippen molar-refractivity contribution in [2.75, 3.05) is 18.9 Å². The molecule has 0 aliphatic heterocycles. The summed E-state index contributed by atoms with van der Waals surface area (Å²) in [4.78, 5) is 15.3. The van der Waals surface area contributed by atoms with E-state index in [2.05, 4.69) is 10.3 Å². The molecule has 0 saturated carbocycles. The fourth-order valence-corrected chi connectivity index (χ4v) is 1.16. The molecule has 2 N–H and O–H groups in total. The van der Waals surface area contributed by atoms with Crippen LogP contribution in [0.5, 0.6) is 0 Å². The van der Waals surface area contributed by atoms with Crippen LogP contribution in [0.4, 0.5) is 23.4 Å². The van der Waals surface area contributed by atoms with Crippen LogP contribution in [0, 0.1) is 0 Å². The van der Waals surface area contributed by atoms with Crippen molar-refractivity contribution in [1.82, 2.24) is 10.3 Å². The van der Waals surface area contributed by atoms with Crippen LogP contribution in [0.15, 0.2) is 18.3 Å². The maximum atomic E-state index is 12.6. The Morgan fingerprint density at radius 1 is 1.50 bits per heavy atom. The van der Waals surface area contributed by atoms with Gasteiger partial charge in [0.2, 0.25) is 0 Å². The van der Waals surface area contributed by atoms with Gasteiger partial charge < -0.3 is 10.6 Å². The number of rotatable bonds is 5. The van der Waals surface area contributed by atoms with Crippen molar-refractivity contribution in [2.24, 2.45) is 0 Å². The van der Waals surface area contributed by atoms with Crippen LogP contribution < -0.4 is 10.6 Å². The third-order valence-electron chi connectivity index (χ3n) is 2.09. The molecular formula is C10H11F4N3O. The molecule has 1 rings (SSSR count). The van der Waals surface area contributed by atoms with Gasteiger partial charge in [0.25, 0.3) is 5.91 Å². The Morgan fingerprint density at radius 2 is 2.17 bits per heavy atom. The van der Waals surface area contributed by atoms with E-state index >= 15 is 0 Å². The van der Waals surface area contributed by atoms with E-state index < -0.39 is 24.8 Å². The lowest BCUT2D eigenvalue weighted by Gasteiger charge is -2.16. The molecule has 8 heteroatoms. The Hall–Kier alpha value is -1.86. The predicted molar refractivity (Wildman–Crippen MR) is 57.1 cm³/mol. The van der Waals surface area contributed by atoms with Crippen LogP contribution in [0.25, 0.3) is 0 Å². The molecule has 0 radical (unpaired) electrons. The third-order valence-corrected chi connectivity index (χ3v) is 2.09. The number of alkyl halides is 4. The van der Waals surface area contributed by atoms with Gasteiger partial charge in [-0.15, -0.1) is 0 Å². The zero-order valence-electron chi connectivity index (χ0n) is 9.38. The Morgan fingerprint density at radius 3 is 2.72 bits per heavy atom. The van der Waals surface area contributed by atoms with Gasteiger partial charge in [0.05, 0.1) is 12.1 Å². The molecule has 18 heavy (non-hydrogen) atoms. The highest BCUT2D eigenvalue weighted by Crippen LogP contribution is 2.21. The lowest BCUT2D eigenvalue weighted by Crippen LogP contribution is -2.41. The van der Waals surface area contributed by atoms with Crippen molar-refractivity contribution < 1.29 is 22.4 Å². The number of carbonyl (C=O) groups excluding carboxylic acids is 1. The van der Waals surface area contributed by atoms with Gasteiger partial charge in [-0.2, -0.15) is 8.78 Å². The highest BCUT2D eigenvalue weighted by Gasteiger charge is 2.40. The van der Waals surface area contributed by atoms with Crippen LogP contribution >= 0.6 is 0 Å². The van der Waals surface area contributed by atoms with Crippen LogP contribution in [0.1, 0.15) is 10.4 Å². The Labute approximate surface area is 100 Å². The number of pyridine rings is 1. The number of amides is 1. The van der Waals surface area contributed by atoms with Crippen LogP contribution in [-0.4, -0.2) is 36.8 Å². The van der Waals surface area contributed by atoms with E-state index in [0.29, 0.717) is 0 Å². The summed E-state index contributed by atoms with van der Waals surface area (Å²) in [5, 5.41) is 4.34. The predicted octanol–water partition coefficient (Wildman–Crippen LogP) is 1.75. The molecule has 0 unspecified atom stereocenters. The summed E-state index contributed by atoms with van der Waals surface area (Å²) in [6.07, 6.45) is -2.42. The SMILES string of the molecule is CNc1ncccc1C(=O)NCC(F)(F)C(F)F. The van der Waals surface area contributed by atoms with Crippen molar-refractivity contribution >= 4 is 11.7 Å². The fourth-order valence-electron chi connectivity index (χ4n) is 1.16. The molecule has 0 aliphatic carbocycles. The van der Waals surface area contributed by atoms with Crippen molar-refractivity contribution in [3.8, 4) is 0 Å². The van der Waals surface area contributed by atoms with Gasteiger partial charge >= 0.3 is 12.3 Å². The van der Waals surface area contributed by atoms with E-state index in [1.807, 2.05) is 0 Å². The second-order valence-electron chi connectivity index (χ2n) is 3.39. The molecule has 0 saturated heterocycles. The number of nitrogens with zero attached hydrogens (tertiary/aromatic N) is 1. The Balaban J connectivity index is 2.72. The average molecular weight is 265 g/mol. The highest BCUT2D eigenvalue weighted by atomic mass is 19.3. The molecule has 1 heterocycles. The molecule has 0 bridgehead atoms. The molecule has 1 aromatic rings. The van der Waals surface area contributed by atoms with E-state index in [4.69, 9.17) is 0 Å². The standard InChI is InChI=1S/C10H11F4N3O/c1-15-7-6(3-2-4-16-7)8(18)17-5-10(13,14)9(11)12/h2-4,9H,5H2,1H3,(H,15,16)(H,17,18). The zero-order chi connectivity index (χ0) is 13.8. The first-order valence-corrected chi connectivity index (χ1v) is 4.95. The quantitative estimate of drug-likeness (QED) is 0.797. The van der Waals surface area contributed by atoms with Gasteiger partial charge in [0, 0.05) is 13.2 Å². The molecule has 4 nitrogen and oxygen atoms in total. The minimum atomic E-state index is -4.25. The van der Waals surface area contributed by atoms with Gasteiger partial charge in [-0.25, -0.2) is 13.8 Å². The number of anilines is 1. The molecule has 0 atom stereocenters.